The molecule has 0 saturated carbocycles. The predicted molar refractivity (Wildman–Crippen MR) is 97.3 cm³/mol. The topological polar surface area (TPSA) is 48.0 Å². The van der Waals surface area contributed by atoms with Crippen molar-refractivity contribution in [2.75, 3.05) is 0 Å². The highest BCUT2D eigenvalue weighted by atomic mass is 19.4. The molecule has 4 rings (SSSR count). The van der Waals surface area contributed by atoms with E-state index in [9.17, 15) is 26.7 Å². The number of nitrogens with zero attached hydrogens (tertiary/aromatic N) is 1. The maximum Gasteiger partial charge on any atom is 0.416 e. The molecule has 1 heterocycles. The summed E-state index contributed by atoms with van der Waals surface area (Å²) in [5.41, 5.74) is 4.30. The van der Waals surface area contributed by atoms with E-state index in [4.69, 9.17) is 5.73 Å². The quantitative estimate of drug-likeness (QED) is 0.479. The summed E-state index contributed by atoms with van der Waals surface area (Å²) in [6, 6.07) is 12.0. The van der Waals surface area contributed by atoms with Gasteiger partial charge in [0.2, 0.25) is 5.91 Å². The number of benzene rings is 3. The largest absolute Gasteiger partial charge is 0.416 e. The van der Waals surface area contributed by atoms with Crippen molar-refractivity contribution in [3.63, 3.8) is 0 Å². The molecule has 0 atom stereocenters. The monoisotopic (exact) mass is 403 g/mol. The van der Waals surface area contributed by atoms with Gasteiger partial charge in [0, 0.05) is 21.9 Å². The van der Waals surface area contributed by atoms with Gasteiger partial charge in [-0.1, -0.05) is 12.1 Å². The highest BCUT2D eigenvalue weighted by Crippen LogP contribution is 2.36. The molecule has 1 amide bonds. The number of amides is 1. The van der Waals surface area contributed by atoms with Gasteiger partial charge in [0.15, 0.2) is 0 Å². The average Bonchev–Trinajstić information content (AvgIpc) is 2.95. The SMILES string of the molecule is NC(=O)c1cccc2c1c1[c]cc(F)cc1n2Cc1c(F)cccc1C(F)(F)F. The Hall–Kier alpha value is -3.42. The van der Waals surface area contributed by atoms with Crippen LogP contribution in [0.25, 0.3) is 21.8 Å². The third-order valence-corrected chi connectivity index (χ3v) is 4.77. The van der Waals surface area contributed by atoms with Crippen LogP contribution < -0.4 is 5.73 Å². The molecule has 29 heavy (non-hydrogen) atoms. The zero-order valence-corrected chi connectivity index (χ0v) is 14.6. The summed E-state index contributed by atoms with van der Waals surface area (Å²) in [5, 5.41) is 0.626. The number of halogens is 5. The van der Waals surface area contributed by atoms with E-state index in [0.717, 1.165) is 30.3 Å². The van der Waals surface area contributed by atoms with Gasteiger partial charge < -0.3 is 10.3 Å². The Balaban J connectivity index is 2.07. The molecular formula is C21H12F5N2O. The third kappa shape index (κ3) is 3.10. The van der Waals surface area contributed by atoms with Crippen molar-refractivity contribution in [3.8, 4) is 0 Å². The van der Waals surface area contributed by atoms with Gasteiger partial charge in [0.1, 0.15) is 11.6 Å². The van der Waals surface area contributed by atoms with Crippen LogP contribution in [-0.2, 0) is 12.7 Å². The Morgan fingerprint density at radius 2 is 1.79 bits per heavy atom. The number of rotatable bonds is 3. The Morgan fingerprint density at radius 1 is 1.07 bits per heavy atom. The van der Waals surface area contributed by atoms with Gasteiger partial charge >= 0.3 is 6.18 Å². The van der Waals surface area contributed by atoms with Gasteiger partial charge in [-0.2, -0.15) is 13.2 Å². The number of aromatic nitrogens is 1. The second kappa shape index (κ2) is 6.58. The molecule has 1 radical (unpaired) electrons. The number of carbonyl (C=O) groups excluding carboxylic acids is 1. The lowest BCUT2D eigenvalue weighted by molar-refractivity contribution is -0.138. The van der Waals surface area contributed by atoms with Crippen LogP contribution in [0.4, 0.5) is 22.0 Å². The maximum absolute atomic E-state index is 14.4. The second-order valence-corrected chi connectivity index (χ2v) is 6.49. The van der Waals surface area contributed by atoms with Crippen LogP contribution in [0, 0.1) is 17.7 Å². The van der Waals surface area contributed by atoms with E-state index in [0.29, 0.717) is 16.3 Å². The Labute approximate surface area is 161 Å². The summed E-state index contributed by atoms with van der Waals surface area (Å²) in [4.78, 5) is 11.8. The second-order valence-electron chi connectivity index (χ2n) is 6.49. The highest BCUT2D eigenvalue weighted by molar-refractivity contribution is 6.17. The maximum atomic E-state index is 14.4. The first-order valence-electron chi connectivity index (χ1n) is 8.45. The van der Waals surface area contributed by atoms with Crippen LogP contribution in [0.1, 0.15) is 21.5 Å². The first-order valence-corrected chi connectivity index (χ1v) is 8.45. The van der Waals surface area contributed by atoms with Crippen molar-refractivity contribution < 1.29 is 26.7 Å². The van der Waals surface area contributed by atoms with Crippen molar-refractivity contribution in [3.05, 3.63) is 82.9 Å². The molecule has 0 fully saturated rings. The summed E-state index contributed by atoms with van der Waals surface area (Å²) < 4.78 is 69.9. The molecule has 0 aliphatic carbocycles. The molecule has 0 saturated heterocycles. The van der Waals surface area contributed by atoms with Gasteiger partial charge in [-0.25, -0.2) is 8.78 Å². The molecule has 0 aliphatic rings. The lowest BCUT2D eigenvalue weighted by Crippen LogP contribution is -2.14. The van der Waals surface area contributed by atoms with Crippen LogP contribution in [0.15, 0.2) is 48.5 Å². The number of primary amides is 1. The van der Waals surface area contributed by atoms with Crippen LogP contribution in [0.5, 0.6) is 0 Å². The number of carbonyl (C=O) groups is 1. The minimum Gasteiger partial charge on any atom is -0.366 e. The van der Waals surface area contributed by atoms with E-state index in [2.05, 4.69) is 6.07 Å². The minimum atomic E-state index is -4.77. The number of alkyl halides is 3. The predicted octanol–water partition coefficient (Wildman–Crippen LogP) is 5.04. The number of fused-ring (bicyclic) bond motifs is 3. The fourth-order valence-corrected chi connectivity index (χ4v) is 3.55. The highest BCUT2D eigenvalue weighted by Gasteiger charge is 2.34. The molecule has 0 spiro atoms. The van der Waals surface area contributed by atoms with Crippen LogP contribution in [0.3, 0.4) is 0 Å². The molecule has 0 aliphatic heterocycles. The zero-order valence-electron chi connectivity index (χ0n) is 14.6. The Kier molecular flexibility index (Phi) is 4.29. The normalized spacial score (nSPS) is 12.0. The Morgan fingerprint density at radius 3 is 2.48 bits per heavy atom. The Bertz CT molecular complexity index is 1270. The van der Waals surface area contributed by atoms with E-state index in [1.165, 1.54) is 16.7 Å². The fraction of sp³-hybridized carbons (Fsp3) is 0.0952. The van der Waals surface area contributed by atoms with Crippen molar-refractivity contribution in [2.24, 2.45) is 5.73 Å². The van der Waals surface area contributed by atoms with Gasteiger partial charge in [0.05, 0.1) is 23.1 Å². The third-order valence-electron chi connectivity index (χ3n) is 4.77. The number of hydrogen-bond donors (Lipinski definition) is 1. The van der Waals surface area contributed by atoms with E-state index < -0.39 is 41.4 Å². The molecule has 3 aromatic carbocycles. The van der Waals surface area contributed by atoms with Crippen molar-refractivity contribution in [1.82, 2.24) is 4.57 Å². The molecule has 1 aromatic heterocycles. The first-order chi connectivity index (χ1) is 13.7. The molecule has 3 nitrogen and oxygen atoms in total. The zero-order chi connectivity index (χ0) is 20.9. The average molecular weight is 403 g/mol. The van der Waals surface area contributed by atoms with Crippen molar-refractivity contribution in [2.45, 2.75) is 12.7 Å². The summed E-state index contributed by atoms with van der Waals surface area (Å²) in [6.07, 6.45) is -4.77. The van der Waals surface area contributed by atoms with Gasteiger partial charge in [-0.3, -0.25) is 4.79 Å². The number of nitrogens with two attached hydrogens (primary N) is 1. The van der Waals surface area contributed by atoms with Gasteiger partial charge in [-0.15, -0.1) is 0 Å². The molecule has 147 valence electrons. The fourth-order valence-electron chi connectivity index (χ4n) is 3.55. The van der Waals surface area contributed by atoms with E-state index in [1.54, 1.807) is 6.07 Å². The number of hydrogen-bond acceptors (Lipinski definition) is 1. The van der Waals surface area contributed by atoms with Crippen molar-refractivity contribution >= 4 is 27.7 Å². The van der Waals surface area contributed by atoms with Crippen molar-refractivity contribution in [1.29, 1.82) is 0 Å². The first kappa shape index (κ1) is 18.9. The summed E-state index contributed by atoms with van der Waals surface area (Å²) in [7, 11) is 0. The molecule has 4 aromatic rings. The molecule has 8 heteroatoms. The smallest absolute Gasteiger partial charge is 0.366 e. The molecular weight excluding hydrogens is 391 g/mol. The standard InChI is InChI=1S/C21H12F5N2O/c22-11-7-8-12-18(9-11)28(17-6-1-3-13(19(12)17)20(27)29)10-14-15(21(24,25)26)4-2-5-16(14)23/h1-7,9H,10H2,(H2,27,29). The summed E-state index contributed by atoms with van der Waals surface area (Å²) >= 11 is 0. The molecule has 0 bridgehead atoms. The molecule has 2 N–H and O–H groups in total. The summed E-state index contributed by atoms with van der Waals surface area (Å²) in [5.74, 6) is -2.47. The van der Waals surface area contributed by atoms with Crippen LogP contribution in [-0.4, -0.2) is 10.5 Å². The van der Waals surface area contributed by atoms with Crippen LogP contribution in [0.2, 0.25) is 0 Å². The minimum absolute atomic E-state index is 0.110. The van der Waals surface area contributed by atoms with Gasteiger partial charge in [-0.05, 0) is 42.5 Å². The van der Waals surface area contributed by atoms with E-state index in [1.807, 2.05) is 0 Å². The van der Waals surface area contributed by atoms with E-state index in [-0.39, 0.29) is 11.1 Å². The van der Waals surface area contributed by atoms with Gasteiger partial charge in [0.25, 0.3) is 0 Å². The van der Waals surface area contributed by atoms with Crippen LogP contribution >= 0.6 is 0 Å². The lowest BCUT2D eigenvalue weighted by atomic mass is 10.1. The lowest BCUT2D eigenvalue weighted by Gasteiger charge is -2.15. The van der Waals surface area contributed by atoms with E-state index >= 15 is 0 Å². The summed E-state index contributed by atoms with van der Waals surface area (Å²) in [6.45, 7) is -0.527. The molecule has 0 unspecified atom stereocenters.